The molecule has 0 saturated carbocycles. The Morgan fingerprint density at radius 2 is 1.97 bits per heavy atom. The van der Waals surface area contributed by atoms with Gasteiger partial charge in [0, 0.05) is 19.6 Å². The number of amides is 1. The van der Waals surface area contributed by atoms with E-state index in [1.807, 2.05) is 24.3 Å². The van der Waals surface area contributed by atoms with Crippen LogP contribution >= 0.6 is 23.1 Å². The maximum Gasteiger partial charge on any atom is 0.230 e. The minimum absolute atomic E-state index is 0.00380. The van der Waals surface area contributed by atoms with E-state index in [-0.39, 0.29) is 17.8 Å². The molecule has 1 N–H and O–H groups in total. The topological polar surface area (TPSA) is 54.5 Å². The molecule has 0 aliphatic carbocycles. The average molecular weight is 432 g/mol. The highest BCUT2D eigenvalue weighted by Crippen LogP contribution is 2.29. The number of aromatic nitrogens is 1. The summed E-state index contributed by atoms with van der Waals surface area (Å²) in [5.74, 6) is 0.0272. The Hall–Kier alpha value is -2.00. The van der Waals surface area contributed by atoms with E-state index in [0.717, 1.165) is 33.2 Å². The molecule has 0 unspecified atom stereocenters. The minimum Gasteiger partial charge on any atom is -0.379 e. The first-order chi connectivity index (χ1) is 14.2. The van der Waals surface area contributed by atoms with Gasteiger partial charge in [-0.3, -0.25) is 9.69 Å². The molecule has 2 heterocycles. The van der Waals surface area contributed by atoms with Crippen LogP contribution in [0.15, 0.2) is 52.9 Å². The van der Waals surface area contributed by atoms with E-state index in [1.165, 1.54) is 23.9 Å². The van der Waals surface area contributed by atoms with Crippen LogP contribution in [0.25, 0.3) is 10.2 Å². The third kappa shape index (κ3) is 5.33. The average Bonchev–Trinajstić information content (AvgIpc) is 3.17. The van der Waals surface area contributed by atoms with E-state index in [2.05, 4.69) is 15.2 Å². The number of para-hydroxylation sites is 1. The molecule has 1 aliphatic heterocycles. The van der Waals surface area contributed by atoms with Gasteiger partial charge in [-0.05, 0) is 29.8 Å². The summed E-state index contributed by atoms with van der Waals surface area (Å²) in [5, 5.41) is 3.04. The summed E-state index contributed by atoms with van der Waals surface area (Å²) in [5.41, 5.74) is 1.96. The van der Waals surface area contributed by atoms with Gasteiger partial charge < -0.3 is 10.1 Å². The smallest absolute Gasteiger partial charge is 0.230 e. The molecular weight excluding hydrogens is 409 g/mol. The van der Waals surface area contributed by atoms with E-state index in [9.17, 15) is 9.18 Å². The summed E-state index contributed by atoms with van der Waals surface area (Å²) in [6.07, 6.45) is 0. The summed E-state index contributed by atoms with van der Waals surface area (Å²) in [7, 11) is 0. The lowest BCUT2D eigenvalue weighted by atomic mass is 10.0. The molecule has 1 saturated heterocycles. The molecule has 1 amide bonds. The fourth-order valence-electron chi connectivity index (χ4n) is 3.33. The lowest BCUT2D eigenvalue weighted by Gasteiger charge is -2.35. The number of fused-ring (bicyclic) bond motifs is 1. The zero-order chi connectivity index (χ0) is 20.1. The first kappa shape index (κ1) is 20.3. The van der Waals surface area contributed by atoms with Crippen LogP contribution in [-0.4, -0.2) is 54.4 Å². The Balaban J connectivity index is 1.35. The molecule has 1 fully saturated rings. The maximum atomic E-state index is 13.3. The number of halogens is 1. The molecule has 0 radical (unpaired) electrons. The fraction of sp³-hybridized carbons (Fsp3) is 0.333. The van der Waals surface area contributed by atoms with Gasteiger partial charge in [0.1, 0.15) is 5.82 Å². The fourth-order valence-corrected chi connectivity index (χ4v) is 5.23. The molecule has 1 aromatic heterocycles. The van der Waals surface area contributed by atoms with Gasteiger partial charge in [-0.15, -0.1) is 11.3 Å². The van der Waals surface area contributed by atoms with Crippen molar-refractivity contribution in [2.45, 2.75) is 10.4 Å². The number of ether oxygens (including phenoxy) is 1. The van der Waals surface area contributed by atoms with Crippen LogP contribution in [0.2, 0.25) is 0 Å². The highest BCUT2D eigenvalue weighted by Gasteiger charge is 2.23. The van der Waals surface area contributed by atoms with Crippen molar-refractivity contribution in [3.8, 4) is 0 Å². The van der Waals surface area contributed by atoms with Crippen molar-refractivity contribution < 1.29 is 13.9 Å². The second-order valence-corrected chi connectivity index (χ2v) is 9.01. The van der Waals surface area contributed by atoms with Crippen molar-refractivity contribution in [3.05, 3.63) is 59.9 Å². The summed E-state index contributed by atoms with van der Waals surface area (Å²) >= 11 is 3.05. The van der Waals surface area contributed by atoms with Gasteiger partial charge >= 0.3 is 0 Å². The van der Waals surface area contributed by atoms with Crippen molar-refractivity contribution in [1.29, 1.82) is 0 Å². The van der Waals surface area contributed by atoms with Crippen LogP contribution in [-0.2, 0) is 9.53 Å². The zero-order valence-corrected chi connectivity index (χ0v) is 17.5. The number of carbonyl (C=O) groups is 1. The normalized spacial score (nSPS) is 16.0. The third-order valence-corrected chi connectivity index (χ3v) is 7.01. The maximum absolute atomic E-state index is 13.3. The van der Waals surface area contributed by atoms with Gasteiger partial charge in [0.15, 0.2) is 4.34 Å². The molecule has 2 aromatic carbocycles. The number of benzene rings is 2. The largest absolute Gasteiger partial charge is 0.379 e. The zero-order valence-electron chi connectivity index (χ0n) is 15.8. The van der Waals surface area contributed by atoms with Crippen LogP contribution < -0.4 is 5.32 Å². The molecular formula is C21H22FN3O2S2. The van der Waals surface area contributed by atoms with Crippen molar-refractivity contribution in [2.24, 2.45) is 0 Å². The van der Waals surface area contributed by atoms with Crippen LogP contribution in [0.1, 0.15) is 11.6 Å². The Labute approximate surface area is 177 Å². The monoisotopic (exact) mass is 431 g/mol. The van der Waals surface area contributed by atoms with Gasteiger partial charge in [-0.1, -0.05) is 36.0 Å². The highest BCUT2D eigenvalue weighted by atomic mass is 32.2. The first-order valence-electron chi connectivity index (χ1n) is 9.51. The predicted molar refractivity (Wildman–Crippen MR) is 115 cm³/mol. The number of nitrogens with zero attached hydrogens (tertiary/aromatic N) is 2. The van der Waals surface area contributed by atoms with Gasteiger partial charge in [0.05, 0.1) is 35.2 Å². The molecule has 152 valence electrons. The predicted octanol–water partition coefficient (Wildman–Crippen LogP) is 3.72. The van der Waals surface area contributed by atoms with Crippen LogP contribution in [0.5, 0.6) is 0 Å². The third-order valence-electron chi connectivity index (χ3n) is 4.83. The number of hydrogen-bond donors (Lipinski definition) is 1. The molecule has 0 spiro atoms. The Bertz CT molecular complexity index is 925. The van der Waals surface area contributed by atoms with E-state index in [4.69, 9.17) is 4.74 Å². The summed E-state index contributed by atoms with van der Waals surface area (Å²) in [6.45, 7) is 3.39. The Kier molecular flexibility index (Phi) is 6.76. The van der Waals surface area contributed by atoms with Crippen LogP contribution in [0.3, 0.4) is 0 Å². The number of rotatable bonds is 7. The highest BCUT2D eigenvalue weighted by molar-refractivity contribution is 8.01. The van der Waals surface area contributed by atoms with E-state index >= 15 is 0 Å². The number of thiazole rings is 1. The van der Waals surface area contributed by atoms with Crippen LogP contribution in [0, 0.1) is 5.82 Å². The van der Waals surface area contributed by atoms with E-state index in [1.54, 1.807) is 23.5 Å². The lowest BCUT2D eigenvalue weighted by molar-refractivity contribution is -0.118. The molecule has 3 aromatic rings. The van der Waals surface area contributed by atoms with Gasteiger partial charge in [-0.25, -0.2) is 9.37 Å². The number of nitrogens with one attached hydrogen (secondary N) is 1. The second kappa shape index (κ2) is 9.67. The van der Waals surface area contributed by atoms with Crippen molar-refractivity contribution in [1.82, 2.24) is 15.2 Å². The SMILES string of the molecule is O=C(CSc1nc2ccccc2s1)NC[C@@H](c1ccc(F)cc1)N1CCOCC1. The lowest BCUT2D eigenvalue weighted by Crippen LogP contribution is -2.44. The summed E-state index contributed by atoms with van der Waals surface area (Å²) in [6, 6.07) is 14.5. The number of hydrogen-bond acceptors (Lipinski definition) is 6. The Morgan fingerprint density at radius 1 is 1.21 bits per heavy atom. The molecule has 5 nitrogen and oxygen atoms in total. The molecule has 8 heteroatoms. The molecule has 1 atom stereocenters. The molecule has 1 aliphatic rings. The molecule has 29 heavy (non-hydrogen) atoms. The van der Waals surface area contributed by atoms with Crippen molar-refractivity contribution >= 4 is 39.2 Å². The van der Waals surface area contributed by atoms with Gasteiger partial charge in [0.2, 0.25) is 5.91 Å². The van der Waals surface area contributed by atoms with Gasteiger partial charge in [-0.2, -0.15) is 0 Å². The molecule has 0 bridgehead atoms. The quantitative estimate of drug-likeness (QED) is 0.578. The Morgan fingerprint density at radius 3 is 2.72 bits per heavy atom. The summed E-state index contributed by atoms with van der Waals surface area (Å²) < 4.78 is 20.8. The van der Waals surface area contributed by atoms with Crippen molar-refractivity contribution in [3.63, 3.8) is 0 Å². The second-order valence-electron chi connectivity index (χ2n) is 6.76. The number of carbonyl (C=O) groups excluding carboxylic acids is 1. The van der Waals surface area contributed by atoms with Crippen molar-refractivity contribution in [2.75, 3.05) is 38.6 Å². The number of thioether (sulfide) groups is 1. The van der Waals surface area contributed by atoms with Crippen LogP contribution in [0.4, 0.5) is 4.39 Å². The standard InChI is InChI=1S/C21H22FN3O2S2/c22-16-7-5-15(6-8-16)18(25-9-11-27-12-10-25)13-23-20(26)14-28-21-24-17-3-1-2-4-19(17)29-21/h1-8,18H,9-14H2,(H,23,26)/t18-/m0/s1. The first-order valence-corrected chi connectivity index (χ1v) is 11.3. The molecule has 4 rings (SSSR count). The van der Waals surface area contributed by atoms with E-state index in [0.29, 0.717) is 25.5 Å². The van der Waals surface area contributed by atoms with Gasteiger partial charge in [0.25, 0.3) is 0 Å². The number of morpholine rings is 1. The summed E-state index contributed by atoms with van der Waals surface area (Å²) in [4.78, 5) is 19.3. The van der Waals surface area contributed by atoms with E-state index < -0.39 is 0 Å². The minimum atomic E-state index is -0.259.